The molecule has 0 saturated heterocycles. The van der Waals surface area contributed by atoms with E-state index in [-0.39, 0.29) is 0 Å². The van der Waals surface area contributed by atoms with Crippen molar-refractivity contribution in [1.82, 2.24) is 0 Å². The lowest BCUT2D eigenvalue weighted by molar-refractivity contribution is 0.192. The van der Waals surface area contributed by atoms with Crippen LogP contribution in [0.25, 0.3) is 0 Å². The zero-order valence-electron chi connectivity index (χ0n) is 6.91. The molecule has 2 nitrogen and oxygen atoms in total. The molecule has 0 aromatic carbocycles. The molecule has 2 aromatic heterocycles. The topological polar surface area (TPSA) is 33.4 Å². The standard InChI is InChI=1S/C9H6Br2O2S/c10-5-3-4-13-9(5)8(12)6-1-2-7(11)14-6/h1-4,8,12H. The molecular formula is C9H6Br2O2S. The van der Waals surface area contributed by atoms with Crippen LogP contribution in [0.1, 0.15) is 16.7 Å². The highest BCUT2D eigenvalue weighted by Gasteiger charge is 2.18. The molecule has 14 heavy (non-hydrogen) atoms. The van der Waals surface area contributed by atoms with Crippen molar-refractivity contribution in [2.24, 2.45) is 0 Å². The smallest absolute Gasteiger partial charge is 0.151 e. The molecule has 74 valence electrons. The van der Waals surface area contributed by atoms with Crippen LogP contribution in [0, 0.1) is 0 Å². The minimum absolute atomic E-state index is 0.541. The van der Waals surface area contributed by atoms with Gasteiger partial charge in [0.1, 0.15) is 6.10 Å². The third-order valence-electron chi connectivity index (χ3n) is 1.76. The van der Waals surface area contributed by atoms with E-state index >= 15 is 0 Å². The predicted octanol–water partition coefficient (Wildman–Crippen LogP) is 3.95. The van der Waals surface area contributed by atoms with Crippen LogP contribution < -0.4 is 0 Å². The molecule has 2 heterocycles. The second kappa shape index (κ2) is 4.18. The number of hydrogen-bond donors (Lipinski definition) is 1. The summed E-state index contributed by atoms with van der Waals surface area (Å²) in [4.78, 5) is 0.854. The van der Waals surface area contributed by atoms with Gasteiger partial charge in [-0.3, -0.25) is 0 Å². The summed E-state index contributed by atoms with van der Waals surface area (Å²) in [5, 5.41) is 9.94. The van der Waals surface area contributed by atoms with Crippen LogP contribution in [0.15, 0.2) is 37.1 Å². The highest BCUT2D eigenvalue weighted by molar-refractivity contribution is 9.11. The molecule has 1 atom stereocenters. The Hall–Kier alpha value is -0.100. The Labute approximate surface area is 102 Å². The Balaban J connectivity index is 2.33. The number of aliphatic hydroxyl groups excluding tert-OH is 1. The van der Waals surface area contributed by atoms with Gasteiger partial charge in [-0.1, -0.05) is 0 Å². The minimum atomic E-state index is -0.698. The fraction of sp³-hybridized carbons (Fsp3) is 0.111. The zero-order valence-corrected chi connectivity index (χ0v) is 10.9. The van der Waals surface area contributed by atoms with E-state index in [1.165, 1.54) is 11.3 Å². The highest BCUT2D eigenvalue weighted by Crippen LogP contribution is 2.34. The molecule has 0 radical (unpaired) electrons. The van der Waals surface area contributed by atoms with E-state index in [4.69, 9.17) is 4.42 Å². The number of rotatable bonds is 2. The molecule has 2 aromatic rings. The maximum atomic E-state index is 9.94. The normalized spacial score (nSPS) is 13.1. The van der Waals surface area contributed by atoms with Crippen LogP contribution in [-0.2, 0) is 0 Å². The van der Waals surface area contributed by atoms with E-state index in [2.05, 4.69) is 31.9 Å². The van der Waals surface area contributed by atoms with Crippen LogP contribution in [0.3, 0.4) is 0 Å². The van der Waals surface area contributed by atoms with Crippen molar-refractivity contribution in [3.8, 4) is 0 Å². The van der Waals surface area contributed by atoms with Crippen molar-refractivity contribution in [3.05, 3.63) is 43.4 Å². The number of halogens is 2. The van der Waals surface area contributed by atoms with E-state index in [9.17, 15) is 5.11 Å². The lowest BCUT2D eigenvalue weighted by Gasteiger charge is -2.04. The Morgan fingerprint density at radius 1 is 1.29 bits per heavy atom. The molecule has 0 amide bonds. The first-order valence-electron chi connectivity index (χ1n) is 3.84. The van der Waals surface area contributed by atoms with E-state index in [1.54, 1.807) is 12.3 Å². The van der Waals surface area contributed by atoms with E-state index < -0.39 is 6.10 Å². The first-order chi connectivity index (χ1) is 6.68. The van der Waals surface area contributed by atoms with Gasteiger partial charge in [-0.25, -0.2) is 0 Å². The third kappa shape index (κ3) is 1.95. The molecule has 0 aliphatic heterocycles. The third-order valence-corrected chi connectivity index (χ3v) is 4.09. The summed E-state index contributed by atoms with van der Waals surface area (Å²) in [7, 11) is 0. The van der Waals surface area contributed by atoms with Crippen molar-refractivity contribution < 1.29 is 9.52 Å². The van der Waals surface area contributed by atoms with E-state index in [1.807, 2.05) is 12.1 Å². The molecule has 2 rings (SSSR count). The largest absolute Gasteiger partial charge is 0.465 e. The van der Waals surface area contributed by atoms with Crippen molar-refractivity contribution in [2.75, 3.05) is 0 Å². The zero-order chi connectivity index (χ0) is 10.1. The fourth-order valence-electron chi connectivity index (χ4n) is 1.10. The van der Waals surface area contributed by atoms with Crippen LogP contribution in [-0.4, -0.2) is 5.11 Å². The van der Waals surface area contributed by atoms with Crippen LogP contribution in [0.2, 0.25) is 0 Å². The summed E-state index contributed by atoms with van der Waals surface area (Å²) in [6.45, 7) is 0. The van der Waals surface area contributed by atoms with Gasteiger partial charge in [-0.2, -0.15) is 0 Å². The van der Waals surface area contributed by atoms with Gasteiger partial charge in [0.15, 0.2) is 5.76 Å². The Kier molecular flexibility index (Phi) is 3.11. The summed E-state index contributed by atoms with van der Waals surface area (Å²) < 4.78 is 6.97. The van der Waals surface area contributed by atoms with E-state index in [0.29, 0.717) is 5.76 Å². The van der Waals surface area contributed by atoms with Gasteiger partial charge in [0.25, 0.3) is 0 Å². The first-order valence-corrected chi connectivity index (χ1v) is 6.25. The second-order valence-corrected chi connectivity index (χ2v) is 6.03. The number of furan rings is 1. The summed E-state index contributed by atoms with van der Waals surface area (Å²) in [5.41, 5.74) is 0. The molecule has 1 N–H and O–H groups in total. The lowest BCUT2D eigenvalue weighted by atomic mass is 10.2. The Bertz CT molecular complexity index is 435. The molecule has 0 fully saturated rings. The quantitative estimate of drug-likeness (QED) is 0.900. The average Bonchev–Trinajstić information content (AvgIpc) is 2.73. The Morgan fingerprint density at radius 3 is 2.57 bits per heavy atom. The fourth-order valence-corrected chi connectivity index (χ4v) is 2.93. The van der Waals surface area contributed by atoms with Gasteiger partial charge >= 0.3 is 0 Å². The molecule has 0 spiro atoms. The van der Waals surface area contributed by atoms with Gasteiger partial charge in [0.05, 0.1) is 14.5 Å². The van der Waals surface area contributed by atoms with Crippen LogP contribution >= 0.6 is 43.2 Å². The monoisotopic (exact) mass is 336 g/mol. The number of aliphatic hydroxyl groups is 1. The summed E-state index contributed by atoms with van der Waals surface area (Å²) in [6.07, 6.45) is 0.848. The average molecular weight is 338 g/mol. The summed E-state index contributed by atoms with van der Waals surface area (Å²) in [5.74, 6) is 0.541. The highest BCUT2D eigenvalue weighted by atomic mass is 79.9. The first kappa shape index (κ1) is 10.4. The molecule has 0 aliphatic rings. The van der Waals surface area contributed by atoms with Gasteiger partial charge in [0.2, 0.25) is 0 Å². The maximum absolute atomic E-state index is 9.94. The molecule has 0 bridgehead atoms. The van der Waals surface area contributed by atoms with Gasteiger partial charge in [0, 0.05) is 4.88 Å². The van der Waals surface area contributed by atoms with Crippen molar-refractivity contribution in [3.63, 3.8) is 0 Å². The van der Waals surface area contributed by atoms with Crippen molar-refractivity contribution >= 4 is 43.2 Å². The van der Waals surface area contributed by atoms with Crippen LogP contribution in [0.5, 0.6) is 0 Å². The number of thiophene rings is 1. The van der Waals surface area contributed by atoms with Gasteiger partial charge < -0.3 is 9.52 Å². The van der Waals surface area contributed by atoms with Crippen molar-refractivity contribution in [2.45, 2.75) is 6.10 Å². The summed E-state index contributed by atoms with van der Waals surface area (Å²) >= 11 is 8.15. The SMILES string of the molecule is OC(c1ccc(Br)s1)c1occc1Br. The molecule has 1 unspecified atom stereocenters. The van der Waals surface area contributed by atoms with Crippen LogP contribution in [0.4, 0.5) is 0 Å². The second-order valence-electron chi connectivity index (χ2n) is 2.68. The molecule has 0 saturated carbocycles. The van der Waals surface area contributed by atoms with E-state index in [0.717, 1.165) is 13.1 Å². The number of hydrogen-bond acceptors (Lipinski definition) is 3. The summed E-state index contributed by atoms with van der Waals surface area (Å²) in [6, 6.07) is 5.54. The molecule has 0 aliphatic carbocycles. The Morgan fingerprint density at radius 2 is 2.07 bits per heavy atom. The molecular weight excluding hydrogens is 332 g/mol. The molecule has 5 heteroatoms. The minimum Gasteiger partial charge on any atom is -0.465 e. The maximum Gasteiger partial charge on any atom is 0.151 e. The van der Waals surface area contributed by atoms with Gasteiger partial charge in [-0.15, -0.1) is 11.3 Å². The predicted molar refractivity (Wildman–Crippen MR) is 62.5 cm³/mol. The van der Waals surface area contributed by atoms with Crippen molar-refractivity contribution in [1.29, 1.82) is 0 Å². The van der Waals surface area contributed by atoms with Gasteiger partial charge in [-0.05, 0) is 50.1 Å². The lowest BCUT2D eigenvalue weighted by Crippen LogP contribution is -1.95.